The van der Waals surface area contributed by atoms with E-state index in [1.54, 1.807) is 7.11 Å². The molecule has 8 heteroatoms. The van der Waals surface area contributed by atoms with E-state index in [-0.39, 0.29) is 11.5 Å². The zero-order valence-electron chi connectivity index (χ0n) is 17.3. The van der Waals surface area contributed by atoms with Crippen LogP contribution in [-0.2, 0) is 0 Å². The molecule has 2 aromatic heterocycles. The topological polar surface area (TPSA) is 70.2 Å². The average Bonchev–Trinajstić information content (AvgIpc) is 3.37. The predicted molar refractivity (Wildman–Crippen MR) is 124 cm³/mol. The van der Waals surface area contributed by atoms with E-state index in [2.05, 4.69) is 30.7 Å². The number of thioether (sulfide) groups is 1. The number of aromatic nitrogens is 3. The molecule has 0 fully saturated rings. The molecule has 0 amide bonds. The monoisotopic (exact) mass is 497 g/mol. The van der Waals surface area contributed by atoms with Gasteiger partial charge in [-0.25, -0.2) is 0 Å². The third-order valence-electron chi connectivity index (χ3n) is 4.89. The molecular formula is C23H20BrN3O3S. The molecule has 158 valence electrons. The van der Waals surface area contributed by atoms with Crippen LogP contribution in [0, 0.1) is 13.8 Å². The van der Waals surface area contributed by atoms with Gasteiger partial charge >= 0.3 is 0 Å². The molecule has 0 aliphatic heterocycles. The summed E-state index contributed by atoms with van der Waals surface area (Å²) in [4.78, 5) is 12.9. The van der Waals surface area contributed by atoms with Crippen LogP contribution in [0.3, 0.4) is 0 Å². The van der Waals surface area contributed by atoms with E-state index < -0.39 is 0 Å². The van der Waals surface area contributed by atoms with Gasteiger partial charge in [-0.3, -0.25) is 4.79 Å². The van der Waals surface area contributed by atoms with Crippen LogP contribution in [0.25, 0.3) is 17.1 Å². The molecule has 2 heterocycles. The van der Waals surface area contributed by atoms with E-state index in [4.69, 9.17) is 9.15 Å². The molecule has 0 spiro atoms. The number of aryl methyl sites for hydroxylation is 1. The van der Waals surface area contributed by atoms with Crippen LogP contribution < -0.4 is 4.74 Å². The van der Waals surface area contributed by atoms with Crippen molar-refractivity contribution in [3.05, 3.63) is 76.0 Å². The highest BCUT2D eigenvalue weighted by molar-refractivity contribution is 9.10. The molecule has 0 atom stereocenters. The fourth-order valence-corrected chi connectivity index (χ4v) is 4.27. The minimum absolute atomic E-state index is 0.0191. The maximum absolute atomic E-state index is 12.9. The molecule has 0 bridgehead atoms. The molecule has 0 N–H and O–H groups in total. The molecule has 0 saturated heterocycles. The lowest BCUT2D eigenvalue weighted by molar-refractivity contribution is 0.102. The first-order chi connectivity index (χ1) is 15.0. The number of ketones is 1. The SMILES string of the molecule is COc1ccc(-c2nnc(SCC(=O)c3cc(C)n(-c4ccc(Br)cc4)c3C)o2)cc1. The number of Topliss-reactive ketones (excluding diaryl/α,β-unsaturated/α-hetero) is 1. The minimum Gasteiger partial charge on any atom is -0.497 e. The Morgan fingerprint density at radius 1 is 1.10 bits per heavy atom. The molecule has 0 aliphatic carbocycles. The molecule has 0 radical (unpaired) electrons. The lowest BCUT2D eigenvalue weighted by Gasteiger charge is -2.10. The van der Waals surface area contributed by atoms with Gasteiger partial charge < -0.3 is 13.7 Å². The molecule has 31 heavy (non-hydrogen) atoms. The molecule has 4 aromatic rings. The van der Waals surface area contributed by atoms with E-state index in [0.717, 1.165) is 32.9 Å². The zero-order chi connectivity index (χ0) is 22.0. The van der Waals surface area contributed by atoms with Crippen molar-refractivity contribution in [2.24, 2.45) is 0 Å². The van der Waals surface area contributed by atoms with Crippen LogP contribution in [0.4, 0.5) is 0 Å². The van der Waals surface area contributed by atoms with Crippen LogP contribution in [0.5, 0.6) is 5.75 Å². The van der Waals surface area contributed by atoms with E-state index in [1.165, 1.54) is 11.8 Å². The standard InChI is InChI=1S/C23H20BrN3O3S/c1-14-12-20(15(2)27(14)18-8-6-17(24)7-9-18)21(28)13-31-23-26-25-22(30-23)16-4-10-19(29-3)11-5-16/h4-12H,13H2,1-3H3. The summed E-state index contributed by atoms with van der Waals surface area (Å²) in [7, 11) is 1.61. The Morgan fingerprint density at radius 3 is 2.48 bits per heavy atom. The van der Waals surface area contributed by atoms with Gasteiger partial charge in [-0.05, 0) is 68.4 Å². The maximum atomic E-state index is 12.9. The molecule has 0 unspecified atom stereocenters. The number of carbonyl (C=O) groups excluding carboxylic acids is 1. The third-order valence-corrected chi connectivity index (χ3v) is 6.23. The number of hydrogen-bond donors (Lipinski definition) is 0. The van der Waals surface area contributed by atoms with Gasteiger partial charge in [0.05, 0.1) is 12.9 Å². The fourth-order valence-electron chi connectivity index (χ4n) is 3.36. The Balaban J connectivity index is 1.46. The zero-order valence-corrected chi connectivity index (χ0v) is 19.7. The lowest BCUT2D eigenvalue weighted by atomic mass is 10.2. The number of hydrogen-bond acceptors (Lipinski definition) is 6. The Labute approximate surface area is 192 Å². The van der Waals surface area contributed by atoms with Crippen molar-refractivity contribution in [2.75, 3.05) is 12.9 Å². The molecular weight excluding hydrogens is 478 g/mol. The summed E-state index contributed by atoms with van der Waals surface area (Å²) in [6, 6.07) is 17.3. The molecule has 2 aromatic carbocycles. The predicted octanol–water partition coefficient (Wildman–Crippen LogP) is 5.89. The van der Waals surface area contributed by atoms with Crippen LogP contribution in [0.2, 0.25) is 0 Å². The highest BCUT2D eigenvalue weighted by atomic mass is 79.9. The third kappa shape index (κ3) is 4.60. The van der Waals surface area contributed by atoms with Gasteiger partial charge in [-0.15, -0.1) is 10.2 Å². The van der Waals surface area contributed by atoms with Gasteiger partial charge in [0.2, 0.25) is 5.89 Å². The van der Waals surface area contributed by atoms with Crippen molar-refractivity contribution in [3.63, 3.8) is 0 Å². The molecule has 4 rings (SSSR count). The number of nitrogens with zero attached hydrogens (tertiary/aromatic N) is 3. The average molecular weight is 498 g/mol. The summed E-state index contributed by atoms with van der Waals surface area (Å²) in [5, 5.41) is 8.49. The van der Waals surface area contributed by atoms with Crippen molar-refractivity contribution in [1.82, 2.24) is 14.8 Å². The minimum atomic E-state index is 0.0191. The second-order valence-electron chi connectivity index (χ2n) is 6.91. The summed E-state index contributed by atoms with van der Waals surface area (Å²) < 4.78 is 14.0. The summed E-state index contributed by atoms with van der Waals surface area (Å²) >= 11 is 4.70. The van der Waals surface area contributed by atoms with Gasteiger partial charge in [-0.2, -0.15) is 0 Å². The Morgan fingerprint density at radius 2 is 1.81 bits per heavy atom. The van der Waals surface area contributed by atoms with Crippen LogP contribution >= 0.6 is 27.7 Å². The van der Waals surface area contributed by atoms with Crippen molar-refractivity contribution >= 4 is 33.5 Å². The Hall–Kier alpha value is -2.84. The van der Waals surface area contributed by atoms with Crippen LogP contribution in [0.1, 0.15) is 21.7 Å². The van der Waals surface area contributed by atoms with Crippen LogP contribution in [0.15, 0.2) is 68.7 Å². The molecule has 6 nitrogen and oxygen atoms in total. The first-order valence-corrected chi connectivity index (χ1v) is 11.3. The smallest absolute Gasteiger partial charge is 0.277 e. The number of methoxy groups -OCH3 is 1. The normalized spacial score (nSPS) is 11.0. The van der Waals surface area contributed by atoms with Crippen LogP contribution in [-0.4, -0.2) is 33.4 Å². The first kappa shape index (κ1) is 21.4. The molecule has 0 saturated carbocycles. The fraction of sp³-hybridized carbons (Fsp3) is 0.174. The highest BCUT2D eigenvalue weighted by Crippen LogP contribution is 2.27. The number of ether oxygens (including phenoxy) is 1. The first-order valence-electron chi connectivity index (χ1n) is 9.55. The van der Waals surface area contributed by atoms with Gasteiger partial charge in [0.15, 0.2) is 5.78 Å². The maximum Gasteiger partial charge on any atom is 0.277 e. The van der Waals surface area contributed by atoms with Gasteiger partial charge in [0.25, 0.3) is 5.22 Å². The summed E-state index contributed by atoms with van der Waals surface area (Å²) in [5.41, 5.74) is 4.43. The summed E-state index contributed by atoms with van der Waals surface area (Å²) in [5.74, 6) is 1.40. The number of halogens is 1. The lowest BCUT2D eigenvalue weighted by Crippen LogP contribution is -2.05. The molecule has 0 aliphatic rings. The van der Waals surface area contributed by atoms with E-state index in [9.17, 15) is 4.79 Å². The largest absolute Gasteiger partial charge is 0.497 e. The second-order valence-corrected chi connectivity index (χ2v) is 8.75. The van der Waals surface area contributed by atoms with Gasteiger partial charge in [0, 0.05) is 32.7 Å². The van der Waals surface area contributed by atoms with E-state index in [1.807, 2.05) is 68.4 Å². The highest BCUT2D eigenvalue weighted by Gasteiger charge is 2.18. The van der Waals surface area contributed by atoms with Crippen molar-refractivity contribution in [1.29, 1.82) is 0 Å². The Bertz CT molecular complexity index is 1210. The number of benzene rings is 2. The number of rotatable bonds is 7. The van der Waals surface area contributed by atoms with Gasteiger partial charge in [0.1, 0.15) is 5.75 Å². The van der Waals surface area contributed by atoms with Crippen molar-refractivity contribution in [3.8, 4) is 22.9 Å². The van der Waals surface area contributed by atoms with Crippen molar-refractivity contribution in [2.45, 2.75) is 19.1 Å². The summed E-state index contributed by atoms with van der Waals surface area (Å²) in [6.45, 7) is 3.96. The number of carbonyl (C=O) groups is 1. The Kier molecular flexibility index (Phi) is 6.29. The quantitative estimate of drug-likeness (QED) is 0.234. The van der Waals surface area contributed by atoms with Crippen molar-refractivity contribution < 1.29 is 13.9 Å². The summed E-state index contributed by atoms with van der Waals surface area (Å²) in [6.07, 6.45) is 0. The second kappa shape index (κ2) is 9.11. The van der Waals surface area contributed by atoms with E-state index >= 15 is 0 Å². The van der Waals surface area contributed by atoms with E-state index in [0.29, 0.717) is 16.7 Å². The van der Waals surface area contributed by atoms with Gasteiger partial charge in [-0.1, -0.05) is 27.7 Å².